The molecular weight excluding hydrogens is 304 g/mol. The first-order valence-electron chi connectivity index (χ1n) is 4.74. The molecule has 0 atom stereocenters. The Labute approximate surface area is 111 Å². The molecule has 2 N–H and O–H groups in total. The smallest absolute Gasteiger partial charge is 0.269 e. The third-order valence-electron chi connectivity index (χ3n) is 1.78. The Bertz CT molecular complexity index is 496. The second-order valence-corrected chi connectivity index (χ2v) is 4.02. The number of halogens is 1. The molecule has 0 aliphatic rings. The van der Waals surface area contributed by atoms with Gasteiger partial charge in [-0.2, -0.15) is 0 Å². The fourth-order valence-electron chi connectivity index (χ4n) is 0.977. The molecule has 18 heavy (non-hydrogen) atoms. The highest BCUT2D eigenvalue weighted by molar-refractivity contribution is 9.10. The Kier molecular flexibility index (Phi) is 5.06. The van der Waals surface area contributed by atoms with E-state index in [0.29, 0.717) is 11.6 Å². The van der Waals surface area contributed by atoms with Crippen molar-refractivity contribution in [3.8, 4) is 0 Å². The van der Waals surface area contributed by atoms with E-state index in [1.54, 1.807) is 24.3 Å². The van der Waals surface area contributed by atoms with Crippen LogP contribution in [0.15, 0.2) is 40.9 Å². The van der Waals surface area contributed by atoms with E-state index in [9.17, 15) is 19.5 Å². The lowest BCUT2D eigenvalue weighted by Crippen LogP contribution is -2.40. The molecule has 0 radical (unpaired) electrons. The van der Waals surface area contributed by atoms with Crippen LogP contribution in [-0.2, 0) is 9.59 Å². The normalized spacial score (nSPS) is 10.1. The number of hydrogen-bond donors (Lipinski definition) is 2. The molecule has 94 valence electrons. The number of nitrogens with one attached hydrogen (secondary N) is 2. The zero-order valence-corrected chi connectivity index (χ0v) is 10.6. The van der Waals surface area contributed by atoms with Crippen LogP contribution in [0.25, 0.3) is 0 Å². The first kappa shape index (κ1) is 13.9. The van der Waals surface area contributed by atoms with Gasteiger partial charge in [0, 0.05) is 16.1 Å². The zero-order chi connectivity index (χ0) is 13.5. The molecule has 6 nitrogen and oxygen atoms in total. The van der Waals surface area contributed by atoms with Crippen molar-refractivity contribution in [1.29, 1.82) is 0 Å². The molecule has 0 bridgehead atoms. The third-order valence-corrected chi connectivity index (χ3v) is 2.31. The van der Waals surface area contributed by atoms with E-state index < -0.39 is 17.8 Å². The highest BCUT2D eigenvalue weighted by atomic mass is 79.9. The van der Waals surface area contributed by atoms with Gasteiger partial charge in [0.25, 0.3) is 11.8 Å². The van der Waals surface area contributed by atoms with E-state index in [0.717, 1.165) is 10.5 Å². The van der Waals surface area contributed by atoms with Crippen LogP contribution in [0.3, 0.4) is 0 Å². The van der Waals surface area contributed by atoms with Gasteiger partial charge in [-0.05, 0) is 30.3 Å². The lowest BCUT2D eigenvalue weighted by atomic mass is 10.2. The molecule has 0 fully saturated rings. The van der Waals surface area contributed by atoms with E-state index in [1.807, 2.05) is 5.43 Å². The number of hydrogen-bond acceptors (Lipinski definition) is 4. The minimum Gasteiger partial charge on any atom is -0.545 e. The number of carboxylic acids is 1. The number of rotatable bonds is 3. The molecule has 1 aromatic carbocycles. The number of carbonyl (C=O) groups excluding carboxylic acids is 3. The van der Waals surface area contributed by atoms with Crippen molar-refractivity contribution in [2.45, 2.75) is 0 Å². The van der Waals surface area contributed by atoms with Gasteiger partial charge < -0.3 is 9.90 Å². The number of amides is 2. The summed E-state index contributed by atoms with van der Waals surface area (Å²) in [7, 11) is 0. The second kappa shape index (κ2) is 6.55. The van der Waals surface area contributed by atoms with E-state index in [4.69, 9.17) is 0 Å². The van der Waals surface area contributed by atoms with E-state index >= 15 is 0 Å². The predicted octanol–water partition coefficient (Wildman–Crippen LogP) is -0.484. The summed E-state index contributed by atoms with van der Waals surface area (Å²) < 4.78 is 0.819. The number of aliphatic carboxylic acids is 1. The average molecular weight is 312 g/mol. The Balaban J connectivity index is 2.49. The molecule has 0 heterocycles. The highest BCUT2D eigenvalue weighted by Crippen LogP contribution is 2.09. The van der Waals surface area contributed by atoms with E-state index in [-0.39, 0.29) is 0 Å². The Hall–Kier alpha value is -2.15. The van der Waals surface area contributed by atoms with Crippen molar-refractivity contribution < 1.29 is 19.5 Å². The van der Waals surface area contributed by atoms with Crippen LogP contribution in [0.2, 0.25) is 0 Å². The summed E-state index contributed by atoms with van der Waals surface area (Å²) in [5.41, 5.74) is 4.50. The van der Waals surface area contributed by atoms with Crippen LogP contribution in [0.1, 0.15) is 10.4 Å². The minimum absolute atomic E-state index is 0.349. The SMILES string of the molecule is O=C([O-])/C=C/C(=O)NNC(=O)c1ccc(Br)cc1. The van der Waals surface area contributed by atoms with Crippen LogP contribution in [0, 0.1) is 0 Å². The molecule has 7 heteroatoms. The van der Waals surface area contributed by atoms with Gasteiger partial charge >= 0.3 is 0 Å². The molecule has 1 rings (SSSR count). The maximum absolute atomic E-state index is 11.5. The molecule has 0 unspecified atom stereocenters. The summed E-state index contributed by atoms with van der Waals surface area (Å²) in [6, 6.07) is 6.46. The van der Waals surface area contributed by atoms with Gasteiger partial charge in [-0.15, -0.1) is 0 Å². The lowest BCUT2D eigenvalue weighted by Gasteiger charge is -2.05. The molecule has 2 amide bonds. The number of carbonyl (C=O) groups is 3. The van der Waals surface area contributed by atoms with Gasteiger partial charge in [-0.1, -0.05) is 15.9 Å². The van der Waals surface area contributed by atoms with Crippen molar-refractivity contribution in [2.75, 3.05) is 0 Å². The van der Waals surface area contributed by atoms with Gasteiger partial charge in [0.2, 0.25) is 0 Å². The number of hydrazine groups is 1. The standard InChI is InChI=1S/C11H9BrN2O4/c12-8-3-1-7(2-4-8)11(18)14-13-9(15)5-6-10(16)17/h1-6H,(H,13,15)(H,14,18)(H,16,17)/p-1/b6-5+. The largest absolute Gasteiger partial charge is 0.545 e. The van der Waals surface area contributed by atoms with Crippen LogP contribution < -0.4 is 16.0 Å². The van der Waals surface area contributed by atoms with Crippen molar-refractivity contribution in [1.82, 2.24) is 10.9 Å². The molecule has 0 saturated carbocycles. The van der Waals surface area contributed by atoms with Crippen molar-refractivity contribution in [3.05, 3.63) is 46.5 Å². The number of carboxylic acid groups (broad SMARTS) is 1. The fraction of sp³-hybridized carbons (Fsp3) is 0. The summed E-state index contributed by atoms with van der Waals surface area (Å²) in [5.74, 6) is -2.79. The van der Waals surface area contributed by atoms with Gasteiger partial charge in [0.05, 0.1) is 5.97 Å². The van der Waals surface area contributed by atoms with Gasteiger partial charge in [-0.25, -0.2) is 0 Å². The van der Waals surface area contributed by atoms with E-state index in [1.165, 1.54) is 0 Å². The van der Waals surface area contributed by atoms with Crippen molar-refractivity contribution in [2.24, 2.45) is 0 Å². The van der Waals surface area contributed by atoms with Crippen LogP contribution in [0.5, 0.6) is 0 Å². The Morgan fingerprint density at radius 2 is 1.67 bits per heavy atom. The van der Waals surface area contributed by atoms with E-state index in [2.05, 4.69) is 21.4 Å². The molecule has 0 spiro atoms. The second-order valence-electron chi connectivity index (χ2n) is 3.10. The summed E-state index contributed by atoms with van der Waals surface area (Å²) in [4.78, 5) is 32.6. The van der Waals surface area contributed by atoms with Crippen molar-refractivity contribution >= 4 is 33.7 Å². The van der Waals surface area contributed by atoms with Crippen molar-refractivity contribution in [3.63, 3.8) is 0 Å². The molecule has 0 aromatic heterocycles. The monoisotopic (exact) mass is 311 g/mol. The first-order valence-corrected chi connectivity index (χ1v) is 5.53. The summed E-state index contributed by atoms with van der Waals surface area (Å²) in [6.07, 6.45) is 1.29. The molecule has 0 aliphatic heterocycles. The summed E-state index contributed by atoms with van der Waals surface area (Å²) in [5, 5.41) is 10.0. The van der Waals surface area contributed by atoms with Crippen LogP contribution in [0.4, 0.5) is 0 Å². The maximum atomic E-state index is 11.5. The summed E-state index contributed by atoms with van der Waals surface area (Å²) >= 11 is 3.22. The zero-order valence-electron chi connectivity index (χ0n) is 8.98. The molecule has 1 aromatic rings. The van der Waals surface area contributed by atoms with Gasteiger partial charge in [-0.3, -0.25) is 20.4 Å². The predicted molar refractivity (Wildman–Crippen MR) is 63.9 cm³/mol. The number of benzene rings is 1. The quantitative estimate of drug-likeness (QED) is 0.581. The molecule has 0 saturated heterocycles. The van der Waals surface area contributed by atoms with Crippen LogP contribution in [-0.4, -0.2) is 17.8 Å². The average Bonchev–Trinajstić information content (AvgIpc) is 2.34. The maximum Gasteiger partial charge on any atom is 0.269 e. The third kappa shape index (κ3) is 4.79. The Morgan fingerprint density at radius 1 is 1.06 bits per heavy atom. The lowest BCUT2D eigenvalue weighted by molar-refractivity contribution is -0.297. The minimum atomic E-state index is -1.50. The van der Waals surface area contributed by atoms with Gasteiger partial charge in [0.1, 0.15) is 0 Å². The highest BCUT2D eigenvalue weighted by Gasteiger charge is 2.05. The molecule has 0 aliphatic carbocycles. The summed E-state index contributed by atoms with van der Waals surface area (Å²) in [6.45, 7) is 0. The van der Waals surface area contributed by atoms with Gasteiger partial charge in [0.15, 0.2) is 0 Å². The topological polar surface area (TPSA) is 98.3 Å². The Morgan fingerprint density at radius 3 is 2.22 bits per heavy atom. The first-order chi connectivity index (χ1) is 8.49. The fourth-order valence-corrected chi connectivity index (χ4v) is 1.24. The van der Waals surface area contributed by atoms with Crippen LogP contribution >= 0.6 is 15.9 Å². The molecular formula is C11H8BrN2O4-.